The molecule has 4 aromatic rings. The van der Waals surface area contributed by atoms with Crippen molar-refractivity contribution in [1.29, 1.82) is 0 Å². The minimum absolute atomic E-state index is 1.40. The van der Waals surface area contributed by atoms with Crippen molar-refractivity contribution in [2.45, 2.75) is 9.10 Å². The van der Waals surface area contributed by atoms with Crippen LogP contribution in [0.25, 0.3) is 31.3 Å². The molecule has 0 N–H and O–H groups in total. The molecule has 2 aromatic heterocycles. The summed E-state index contributed by atoms with van der Waals surface area (Å²) < 4.78 is 4.24. The molecule has 90 valence electrons. The second-order valence-corrected chi connectivity index (χ2v) is 7.92. The molecule has 3 heteroatoms. The smallest absolute Gasteiger partial charge is 0.0738 e. The molecule has 0 saturated heterocycles. The molecule has 0 amide bonds. The molecular formula is C16H8S3. The van der Waals surface area contributed by atoms with Crippen LogP contribution in [0.15, 0.2) is 56.9 Å². The van der Waals surface area contributed by atoms with E-state index in [1.165, 1.54) is 40.4 Å². The van der Waals surface area contributed by atoms with Crippen LogP contribution < -0.4 is 0 Å². The lowest BCUT2D eigenvalue weighted by atomic mass is 10.0. The van der Waals surface area contributed by atoms with E-state index < -0.39 is 0 Å². The van der Waals surface area contributed by atoms with Crippen molar-refractivity contribution in [3.8, 4) is 11.1 Å². The van der Waals surface area contributed by atoms with Crippen LogP contribution in [-0.2, 0) is 0 Å². The van der Waals surface area contributed by atoms with Crippen LogP contribution in [0.1, 0.15) is 0 Å². The monoisotopic (exact) mass is 296 g/mol. The lowest BCUT2D eigenvalue weighted by Gasteiger charge is -2.12. The quantitative estimate of drug-likeness (QED) is 0.325. The molecule has 3 heterocycles. The summed E-state index contributed by atoms with van der Waals surface area (Å²) in [7, 11) is 0. The number of benzene rings is 2. The first-order chi connectivity index (χ1) is 9.42. The summed E-state index contributed by atoms with van der Waals surface area (Å²) in [6, 6.07) is 15.4. The van der Waals surface area contributed by atoms with Gasteiger partial charge in [-0.15, -0.1) is 22.7 Å². The first-order valence-corrected chi connectivity index (χ1v) is 8.63. The molecule has 19 heavy (non-hydrogen) atoms. The van der Waals surface area contributed by atoms with Crippen LogP contribution in [0.4, 0.5) is 0 Å². The molecule has 0 nitrogen and oxygen atoms in total. The Bertz CT molecular complexity index is 943. The fraction of sp³-hybridized carbons (Fsp3) is 0. The van der Waals surface area contributed by atoms with Crippen molar-refractivity contribution in [3.63, 3.8) is 0 Å². The topological polar surface area (TPSA) is 0 Å². The average Bonchev–Trinajstić information content (AvgIpc) is 3.01. The molecule has 1 aliphatic heterocycles. The third-order valence-corrected chi connectivity index (χ3v) is 6.96. The van der Waals surface area contributed by atoms with Gasteiger partial charge in [-0.25, -0.2) is 0 Å². The van der Waals surface area contributed by atoms with Gasteiger partial charge < -0.3 is 0 Å². The minimum Gasteiger partial charge on any atom is -0.143 e. The van der Waals surface area contributed by atoms with Crippen LogP contribution in [0.2, 0.25) is 0 Å². The van der Waals surface area contributed by atoms with Gasteiger partial charge in [0.15, 0.2) is 0 Å². The highest BCUT2D eigenvalue weighted by Crippen LogP contribution is 2.55. The van der Waals surface area contributed by atoms with Gasteiger partial charge in [-0.05, 0) is 23.6 Å². The third-order valence-electron chi connectivity index (χ3n) is 3.60. The molecular weight excluding hydrogens is 288 g/mol. The summed E-state index contributed by atoms with van der Waals surface area (Å²) in [6.45, 7) is 0. The van der Waals surface area contributed by atoms with Gasteiger partial charge in [-0.3, -0.25) is 0 Å². The number of hydrogen-bond acceptors (Lipinski definition) is 3. The molecule has 0 spiro atoms. The van der Waals surface area contributed by atoms with E-state index in [0.29, 0.717) is 0 Å². The Hall–Kier alpha value is -1.29. The maximum Gasteiger partial charge on any atom is 0.0738 e. The van der Waals surface area contributed by atoms with E-state index >= 15 is 0 Å². The van der Waals surface area contributed by atoms with Gasteiger partial charge in [-0.1, -0.05) is 36.0 Å². The third kappa shape index (κ3) is 1.30. The van der Waals surface area contributed by atoms with Gasteiger partial charge >= 0.3 is 0 Å². The number of fused-ring (bicyclic) bond motifs is 4. The van der Waals surface area contributed by atoms with Crippen LogP contribution in [0.5, 0.6) is 0 Å². The summed E-state index contributed by atoms with van der Waals surface area (Å²) in [5.74, 6) is 0. The number of rotatable bonds is 0. The minimum atomic E-state index is 1.40. The largest absolute Gasteiger partial charge is 0.143 e. The van der Waals surface area contributed by atoms with Gasteiger partial charge in [0.25, 0.3) is 0 Å². The first-order valence-electron chi connectivity index (χ1n) is 6.12. The highest BCUT2D eigenvalue weighted by molar-refractivity contribution is 8.01. The van der Waals surface area contributed by atoms with Gasteiger partial charge in [0, 0.05) is 36.2 Å². The number of thiophene rings is 2. The van der Waals surface area contributed by atoms with Crippen LogP contribution in [0.3, 0.4) is 0 Å². The normalized spacial score (nSPS) is 13.1. The summed E-state index contributed by atoms with van der Waals surface area (Å²) in [4.78, 5) is 1.41. The van der Waals surface area contributed by atoms with Crippen molar-refractivity contribution in [3.05, 3.63) is 47.8 Å². The zero-order chi connectivity index (χ0) is 12.4. The zero-order valence-corrected chi connectivity index (χ0v) is 12.3. The van der Waals surface area contributed by atoms with E-state index in [0.717, 1.165) is 0 Å². The first kappa shape index (κ1) is 10.5. The molecule has 1 aliphatic rings. The van der Waals surface area contributed by atoms with Crippen molar-refractivity contribution >= 4 is 54.6 Å². The fourth-order valence-electron chi connectivity index (χ4n) is 2.77. The summed E-state index contributed by atoms with van der Waals surface area (Å²) in [5.41, 5.74) is 2.89. The predicted molar refractivity (Wildman–Crippen MR) is 86.8 cm³/mol. The zero-order valence-electron chi connectivity index (χ0n) is 9.84. The Morgan fingerprint density at radius 1 is 0.842 bits per heavy atom. The van der Waals surface area contributed by atoms with E-state index in [1.807, 2.05) is 34.4 Å². The van der Waals surface area contributed by atoms with Crippen LogP contribution in [0, 0.1) is 0 Å². The lowest BCUT2D eigenvalue weighted by Crippen LogP contribution is -1.84. The lowest BCUT2D eigenvalue weighted by molar-refractivity contribution is 1.52. The molecule has 5 rings (SSSR count). The predicted octanol–water partition coefficient (Wildman–Crippen LogP) is 6.25. The van der Waals surface area contributed by atoms with Crippen LogP contribution >= 0.6 is 34.4 Å². The van der Waals surface area contributed by atoms with Gasteiger partial charge in [0.1, 0.15) is 0 Å². The second-order valence-electron chi connectivity index (χ2n) is 4.64. The van der Waals surface area contributed by atoms with E-state index in [4.69, 9.17) is 0 Å². The summed E-state index contributed by atoms with van der Waals surface area (Å²) >= 11 is 5.71. The van der Waals surface area contributed by atoms with Crippen molar-refractivity contribution < 1.29 is 0 Å². The Balaban J connectivity index is 2.02. The van der Waals surface area contributed by atoms with Gasteiger partial charge in [-0.2, -0.15) is 0 Å². The standard InChI is InChI=1S/C16H8S3/c1-2-5-11-9(4-1)14-10-8-17-12-6-3-7-13(15(10)12)19-16(14)18-11/h1-8H. The van der Waals surface area contributed by atoms with E-state index in [1.54, 1.807) is 0 Å². The maximum atomic E-state index is 2.33. The Kier molecular flexibility index (Phi) is 2.00. The Morgan fingerprint density at radius 2 is 1.74 bits per heavy atom. The van der Waals surface area contributed by atoms with Gasteiger partial charge in [0.2, 0.25) is 0 Å². The SMILES string of the molecule is c1ccc2c3c(sc2c1)Sc1cccc2scc-3c12. The van der Waals surface area contributed by atoms with E-state index in [2.05, 4.69) is 47.8 Å². The van der Waals surface area contributed by atoms with E-state index in [-0.39, 0.29) is 0 Å². The van der Waals surface area contributed by atoms with Crippen LogP contribution in [-0.4, -0.2) is 0 Å². The van der Waals surface area contributed by atoms with Gasteiger partial charge in [0.05, 0.1) is 4.21 Å². The molecule has 0 aliphatic carbocycles. The Labute approximate surface area is 122 Å². The highest BCUT2D eigenvalue weighted by Gasteiger charge is 2.24. The molecule has 0 atom stereocenters. The fourth-order valence-corrected chi connectivity index (χ4v) is 6.46. The second kappa shape index (κ2) is 3.63. The Morgan fingerprint density at radius 3 is 2.74 bits per heavy atom. The molecule has 0 fully saturated rings. The van der Waals surface area contributed by atoms with Crippen molar-refractivity contribution in [1.82, 2.24) is 0 Å². The molecule has 0 saturated carbocycles. The molecule has 2 aromatic carbocycles. The molecule has 0 unspecified atom stereocenters. The average molecular weight is 296 g/mol. The van der Waals surface area contributed by atoms with Crippen molar-refractivity contribution in [2.24, 2.45) is 0 Å². The molecule has 0 bridgehead atoms. The summed E-state index contributed by atoms with van der Waals surface area (Å²) in [6.07, 6.45) is 0. The highest BCUT2D eigenvalue weighted by atomic mass is 32.2. The number of hydrogen-bond donors (Lipinski definition) is 0. The van der Waals surface area contributed by atoms with E-state index in [9.17, 15) is 0 Å². The summed E-state index contributed by atoms with van der Waals surface area (Å²) in [5, 5.41) is 5.18. The van der Waals surface area contributed by atoms with Crippen molar-refractivity contribution in [2.75, 3.05) is 0 Å². The maximum absolute atomic E-state index is 2.33. The molecule has 0 radical (unpaired) electrons.